The summed E-state index contributed by atoms with van der Waals surface area (Å²) in [7, 11) is 5.01. The van der Waals surface area contributed by atoms with Gasteiger partial charge in [0.1, 0.15) is 18.1 Å². The van der Waals surface area contributed by atoms with E-state index in [4.69, 9.17) is 14.2 Å². The van der Waals surface area contributed by atoms with Crippen molar-refractivity contribution >= 4 is 29.9 Å². The lowest BCUT2D eigenvalue weighted by Crippen LogP contribution is -2.36. The van der Waals surface area contributed by atoms with Gasteiger partial charge in [0.05, 0.1) is 14.2 Å². The first-order valence-electron chi connectivity index (χ1n) is 9.99. The van der Waals surface area contributed by atoms with E-state index in [0.29, 0.717) is 31.5 Å². The molecule has 0 amide bonds. The number of methoxy groups -OCH3 is 2. The normalized spacial score (nSPS) is 10.7. The number of guanidine groups is 1. The molecule has 0 atom stereocenters. The zero-order chi connectivity index (χ0) is 21.9. The molecule has 0 aliphatic heterocycles. The molecule has 0 bridgehead atoms. The first-order chi connectivity index (χ1) is 15.2. The van der Waals surface area contributed by atoms with Gasteiger partial charge in [0, 0.05) is 43.5 Å². The number of halogens is 1. The molecule has 170 valence electrons. The summed E-state index contributed by atoms with van der Waals surface area (Å²) in [5.74, 6) is 2.77. The number of pyridine rings is 1. The summed E-state index contributed by atoms with van der Waals surface area (Å²) in [6.45, 7) is 1.55. The maximum absolute atomic E-state index is 5.93. The van der Waals surface area contributed by atoms with E-state index in [1.165, 1.54) is 0 Å². The third kappa shape index (κ3) is 7.30. The van der Waals surface area contributed by atoms with Crippen LogP contribution in [0.4, 0.5) is 0 Å². The van der Waals surface area contributed by atoms with Gasteiger partial charge < -0.3 is 24.8 Å². The second kappa shape index (κ2) is 13.4. The Morgan fingerprint density at radius 3 is 2.34 bits per heavy atom. The first-order valence-corrected chi connectivity index (χ1v) is 9.99. The Labute approximate surface area is 206 Å². The number of aromatic nitrogens is 1. The topological polar surface area (TPSA) is 77.0 Å². The van der Waals surface area contributed by atoms with Crippen LogP contribution in [0, 0.1) is 0 Å². The molecule has 3 rings (SSSR count). The smallest absolute Gasteiger partial charge is 0.218 e. The number of ether oxygens (including phenoxy) is 3. The van der Waals surface area contributed by atoms with Gasteiger partial charge in [-0.3, -0.25) is 4.99 Å². The quantitative estimate of drug-likeness (QED) is 0.238. The summed E-state index contributed by atoms with van der Waals surface area (Å²) < 4.78 is 16.6. The van der Waals surface area contributed by atoms with E-state index in [-0.39, 0.29) is 24.0 Å². The summed E-state index contributed by atoms with van der Waals surface area (Å²) in [4.78, 5) is 8.68. The Balaban J connectivity index is 0.00000363. The zero-order valence-electron chi connectivity index (χ0n) is 18.5. The Morgan fingerprint density at radius 2 is 1.66 bits per heavy atom. The van der Waals surface area contributed by atoms with E-state index in [0.717, 1.165) is 28.2 Å². The number of aliphatic imine (C=N–C) groups is 1. The number of hydrogen-bond acceptors (Lipinski definition) is 5. The maximum atomic E-state index is 5.93. The van der Waals surface area contributed by atoms with Crippen LogP contribution in [0.3, 0.4) is 0 Å². The fraction of sp³-hybridized carbons (Fsp3) is 0.250. The van der Waals surface area contributed by atoms with Gasteiger partial charge in [0.2, 0.25) is 5.88 Å². The molecule has 0 saturated carbocycles. The van der Waals surface area contributed by atoms with Crippen molar-refractivity contribution in [3.05, 3.63) is 83.6 Å². The number of benzene rings is 2. The van der Waals surface area contributed by atoms with E-state index < -0.39 is 0 Å². The van der Waals surface area contributed by atoms with E-state index in [1.54, 1.807) is 27.5 Å². The molecule has 7 nitrogen and oxygen atoms in total. The second-order valence-corrected chi connectivity index (χ2v) is 6.70. The molecule has 0 unspecified atom stereocenters. The summed E-state index contributed by atoms with van der Waals surface area (Å²) in [5.41, 5.74) is 3.04. The average Bonchev–Trinajstić information content (AvgIpc) is 2.84. The molecule has 3 aromatic rings. The van der Waals surface area contributed by atoms with Crippen LogP contribution >= 0.6 is 24.0 Å². The van der Waals surface area contributed by atoms with E-state index in [1.807, 2.05) is 60.7 Å². The lowest BCUT2D eigenvalue weighted by atomic mass is 10.2. The van der Waals surface area contributed by atoms with Crippen molar-refractivity contribution in [3.8, 4) is 17.4 Å². The van der Waals surface area contributed by atoms with Crippen LogP contribution in [0.25, 0.3) is 0 Å². The van der Waals surface area contributed by atoms with Crippen LogP contribution in [-0.2, 0) is 19.7 Å². The third-order valence-corrected chi connectivity index (χ3v) is 4.68. The molecule has 2 aromatic carbocycles. The predicted molar refractivity (Wildman–Crippen MR) is 137 cm³/mol. The summed E-state index contributed by atoms with van der Waals surface area (Å²) in [6, 6.07) is 19.6. The molecule has 0 radical (unpaired) electrons. The fourth-order valence-electron chi connectivity index (χ4n) is 2.99. The first kappa shape index (κ1) is 25.3. The Morgan fingerprint density at radius 1 is 0.906 bits per heavy atom. The number of nitrogens with one attached hydrogen (secondary N) is 2. The van der Waals surface area contributed by atoms with Gasteiger partial charge in [-0.05, 0) is 23.8 Å². The molecule has 0 saturated heterocycles. The van der Waals surface area contributed by atoms with Gasteiger partial charge in [-0.1, -0.05) is 36.4 Å². The van der Waals surface area contributed by atoms with Crippen molar-refractivity contribution in [1.29, 1.82) is 0 Å². The van der Waals surface area contributed by atoms with Crippen molar-refractivity contribution in [1.82, 2.24) is 15.6 Å². The van der Waals surface area contributed by atoms with Crippen LogP contribution in [0.1, 0.15) is 16.7 Å². The molecule has 0 spiro atoms. The van der Waals surface area contributed by atoms with Crippen LogP contribution in [0.15, 0.2) is 71.9 Å². The SMILES string of the molecule is CN=C(NCc1ccc(OC)cc1OC)NCc1cccnc1OCc1ccccc1.I. The van der Waals surface area contributed by atoms with E-state index in [9.17, 15) is 0 Å². The predicted octanol–water partition coefficient (Wildman–Crippen LogP) is 4.16. The minimum absolute atomic E-state index is 0. The highest BCUT2D eigenvalue weighted by Gasteiger charge is 2.09. The molecule has 2 N–H and O–H groups in total. The van der Waals surface area contributed by atoms with Gasteiger partial charge in [-0.2, -0.15) is 0 Å². The number of nitrogens with zero attached hydrogens (tertiary/aromatic N) is 2. The standard InChI is InChI=1S/C24H28N4O3.HI/c1-25-24(27-15-19-11-12-21(29-2)14-22(19)30-3)28-16-20-10-7-13-26-23(20)31-17-18-8-5-4-6-9-18;/h4-14H,15-17H2,1-3H3,(H2,25,27,28);1H. The van der Waals surface area contributed by atoms with Crippen LogP contribution in [0.2, 0.25) is 0 Å². The van der Waals surface area contributed by atoms with Crippen LogP contribution < -0.4 is 24.8 Å². The number of rotatable bonds is 9. The van der Waals surface area contributed by atoms with Gasteiger partial charge >= 0.3 is 0 Å². The average molecular weight is 548 g/mol. The van der Waals surface area contributed by atoms with Crippen molar-refractivity contribution in [2.45, 2.75) is 19.7 Å². The molecule has 0 fully saturated rings. The molecule has 1 aromatic heterocycles. The molecular weight excluding hydrogens is 519 g/mol. The third-order valence-electron chi connectivity index (χ3n) is 4.68. The molecule has 1 heterocycles. The van der Waals surface area contributed by atoms with Gasteiger partial charge in [0.25, 0.3) is 0 Å². The molecule has 8 heteroatoms. The van der Waals surface area contributed by atoms with Crippen molar-refractivity contribution in [2.75, 3.05) is 21.3 Å². The highest BCUT2D eigenvalue weighted by atomic mass is 127. The Kier molecular flexibility index (Phi) is 10.6. The largest absolute Gasteiger partial charge is 0.497 e. The molecule has 32 heavy (non-hydrogen) atoms. The highest BCUT2D eigenvalue weighted by Crippen LogP contribution is 2.24. The van der Waals surface area contributed by atoms with E-state index in [2.05, 4.69) is 20.6 Å². The summed E-state index contributed by atoms with van der Waals surface area (Å²) >= 11 is 0. The van der Waals surface area contributed by atoms with Gasteiger partial charge in [-0.15, -0.1) is 24.0 Å². The van der Waals surface area contributed by atoms with Crippen LogP contribution in [-0.4, -0.2) is 32.2 Å². The van der Waals surface area contributed by atoms with Gasteiger partial charge in [-0.25, -0.2) is 4.98 Å². The Bertz CT molecular complexity index is 1000. The second-order valence-electron chi connectivity index (χ2n) is 6.70. The van der Waals surface area contributed by atoms with Crippen molar-refractivity contribution in [3.63, 3.8) is 0 Å². The summed E-state index contributed by atoms with van der Waals surface area (Å²) in [5, 5.41) is 6.61. The zero-order valence-corrected chi connectivity index (χ0v) is 20.8. The maximum Gasteiger partial charge on any atom is 0.218 e. The minimum atomic E-state index is 0. The monoisotopic (exact) mass is 548 g/mol. The molecule has 0 aliphatic rings. The highest BCUT2D eigenvalue weighted by molar-refractivity contribution is 14.0. The molecular formula is C24H29IN4O3. The van der Waals surface area contributed by atoms with Crippen LogP contribution in [0.5, 0.6) is 17.4 Å². The lowest BCUT2D eigenvalue weighted by Gasteiger charge is -2.15. The lowest BCUT2D eigenvalue weighted by molar-refractivity contribution is 0.290. The number of hydrogen-bond donors (Lipinski definition) is 2. The van der Waals surface area contributed by atoms with Crippen molar-refractivity contribution < 1.29 is 14.2 Å². The minimum Gasteiger partial charge on any atom is -0.497 e. The fourth-order valence-corrected chi connectivity index (χ4v) is 2.99. The summed E-state index contributed by atoms with van der Waals surface area (Å²) in [6.07, 6.45) is 1.73. The van der Waals surface area contributed by atoms with E-state index >= 15 is 0 Å². The van der Waals surface area contributed by atoms with Crippen molar-refractivity contribution in [2.24, 2.45) is 4.99 Å². The Hall–Kier alpha value is -3.01. The van der Waals surface area contributed by atoms with Gasteiger partial charge in [0.15, 0.2) is 5.96 Å². The molecule has 0 aliphatic carbocycles.